The number of Topliss-reactive ketones (excluding diaryl/α,β-unsaturated/α-hetero) is 1. The van der Waals surface area contributed by atoms with Crippen LogP contribution >= 0.6 is 11.6 Å². The molecule has 0 aliphatic rings. The van der Waals surface area contributed by atoms with E-state index in [1.165, 1.54) is 6.07 Å². The molecule has 18 heavy (non-hydrogen) atoms. The SMILES string of the molecule is O=C(Cc1ccc(F)c(F)c1)c1cccc(Cl)c1. The lowest BCUT2D eigenvalue weighted by atomic mass is 10.0. The fourth-order valence-electron chi connectivity index (χ4n) is 1.60. The van der Waals surface area contributed by atoms with Gasteiger partial charge in [0, 0.05) is 17.0 Å². The first kappa shape index (κ1) is 12.7. The zero-order valence-corrected chi connectivity index (χ0v) is 10.0. The fourth-order valence-corrected chi connectivity index (χ4v) is 1.79. The maximum atomic E-state index is 13.0. The minimum absolute atomic E-state index is 0.0115. The Balaban J connectivity index is 2.18. The van der Waals surface area contributed by atoms with E-state index in [4.69, 9.17) is 11.6 Å². The summed E-state index contributed by atoms with van der Waals surface area (Å²) in [6, 6.07) is 9.93. The van der Waals surface area contributed by atoms with Crippen molar-refractivity contribution in [3.05, 3.63) is 70.2 Å². The molecule has 0 saturated heterocycles. The molecule has 0 aliphatic carbocycles. The number of carbonyl (C=O) groups is 1. The van der Waals surface area contributed by atoms with Gasteiger partial charge >= 0.3 is 0 Å². The van der Waals surface area contributed by atoms with Crippen molar-refractivity contribution in [1.29, 1.82) is 0 Å². The molecule has 1 nitrogen and oxygen atoms in total. The summed E-state index contributed by atoms with van der Waals surface area (Å²) in [7, 11) is 0. The first-order valence-corrected chi connectivity index (χ1v) is 5.67. The molecule has 2 aromatic rings. The van der Waals surface area contributed by atoms with Crippen molar-refractivity contribution >= 4 is 17.4 Å². The van der Waals surface area contributed by atoms with E-state index in [-0.39, 0.29) is 12.2 Å². The molecular weight excluding hydrogens is 258 g/mol. The summed E-state index contributed by atoms with van der Waals surface area (Å²) >= 11 is 5.78. The third kappa shape index (κ3) is 2.93. The number of rotatable bonds is 3. The summed E-state index contributed by atoms with van der Waals surface area (Å²) in [5, 5.41) is 0.464. The van der Waals surface area contributed by atoms with E-state index >= 15 is 0 Å². The average Bonchev–Trinajstić information content (AvgIpc) is 2.34. The predicted octanol–water partition coefficient (Wildman–Crippen LogP) is 4.04. The van der Waals surface area contributed by atoms with E-state index in [0.29, 0.717) is 16.1 Å². The third-order valence-corrected chi connectivity index (χ3v) is 2.73. The first-order valence-electron chi connectivity index (χ1n) is 5.29. The minimum atomic E-state index is -0.952. The number of hydrogen-bond donors (Lipinski definition) is 0. The van der Waals surface area contributed by atoms with Crippen molar-refractivity contribution in [2.75, 3.05) is 0 Å². The highest BCUT2D eigenvalue weighted by molar-refractivity contribution is 6.31. The molecule has 0 amide bonds. The molecule has 0 heterocycles. The van der Waals surface area contributed by atoms with E-state index in [2.05, 4.69) is 0 Å². The summed E-state index contributed by atoms with van der Waals surface area (Å²) < 4.78 is 25.7. The van der Waals surface area contributed by atoms with Crippen LogP contribution in [0.25, 0.3) is 0 Å². The second kappa shape index (κ2) is 5.27. The Bertz CT molecular complexity index is 596. The summed E-state index contributed by atoms with van der Waals surface area (Å²) in [6.07, 6.45) is 0.0115. The summed E-state index contributed by atoms with van der Waals surface area (Å²) in [5.74, 6) is -2.07. The number of benzene rings is 2. The standard InChI is InChI=1S/C14H9ClF2O/c15-11-3-1-2-10(8-11)14(18)7-9-4-5-12(16)13(17)6-9/h1-6,8H,7H2. The zero-order chi connectivity index (χ0) is 13.1. The molecule has 0 saturated carbocycles. The lowest BCUT2D eigenvalue weighted by Crippen LogP contribution is -2.04. The fraction of sp³-hybridized carbons (Fsp3) is 0.0714. The largest absolute Gasteiger partial charge is 0.294 e. The molecule has 0 aliphatic heterocycles. The molecule has 0 radical (unpaired) electrons. The Morgan fingerprint density at radius 1 is 1.06 bits per heavy atom. The van der Waals surface area contributed by atoms with Gasteiger partial charge in [-0.3, -0.25) is 4.79 Å². The van der Waals surface area contributed by atoms with Crippen LogP contribution in [0.3, 0.4) is 0 Å². The highest BCUT2D eigenvalue weighted by Gasteiger charge is 2.09. The van der Waals surface area contributed by atoms with Crippen LogP contribution in [-0.2, 0) is 6.42 Å². The predicted molar refractivity (Wildman–Crippen MR) is 65.8 cm³/mol. The van der Waals surface area contributed by atoms with Crippen LogP contribution in [0.5, 0.6) is 0 Å². The van der Waals surface area contributed by atoms with Crippen molar-refractivity contribution < 1.29 is 13.6 Å². The van der Waals surface area contributed by atoms with Crippen LogP contribution < -0.4 is 0 Å². The lowest BCUT2D eigenvalue weighted by molar-refractivity contribution is 0.0993. The Morgan fingerprint density at radius 3 is 2.50 bits per heavy atom. The van der Waals surface area contributed by atoms with E-state index in [1.54, 1.807) is 24.3 Å². The smallest absolute Gasteiger partial charge is 0.167 e. The molecule has 0 unspecified atom stereocenters. The maximum Gasteiger partial charge on any atom is 0.167 e. The molecular formula is C14H9ClF2O. The Kier molecular flexibility index (Phi) is 3.72. The average molecular weight is 267 g/mol. The zero-order valence-electron chi connectivity index (χ0n) is 9.29. The van der Waals surface area contributed by atoms with Gasteiger partial charge in [0.15, 0.2) is 17.4 Å². The molecule has 2 rings (SSSR count). The normalized spacial score (nSPS) is 10.4. The van der Waals surface area contributed by atoms with Crippen molar-refractivity contribution in [2.24, 2.45) is 0 Å². The summed E-state index contributed by atoms with van der Waals surface area (Å²) in [5.41, 5.74) is 0.881. The van der Waals surface area contributed by atoms with Crippen molar-refractivity contribution in [3.63, 3.8) is 0 Å². The first-order chi connectivity index (χ1) is 8.56. The summed E-state index contributed by atoms with van der Waals surface area (Å²) in [4.78, 5) is 11.9. The van der Waals surface area contributed by atoms with Crippen LogP contribution in [0.2, 0.25) is 5.02 Å². The number of halogens is 3. The van der Waals surface area contributed by atoms with Crippen molar-refractivity contribution in [3.8, 4) is 0 Å². The molecule has 92 valence electrons. The lowest BCUT2D eigenvalue weighted by Gasteiger charge is -2.03. The van der Waals surface area contributed by atoms with Gasteiger partial charge in [0.25, 0.3) is 0 Å². The van der Waals surface area contributed by atoms with Crippen LogP contribution in [0.15, 0.2) is 42.5 Å². The van der Waals surface area contributed by atoms with Gasteiger partial charge in [-0.05, 0) is 29.8 Å². The van der Waals surface area contributed by atoms with Gasteiger partial charge in [-0.1, -0.05) is 29.8 Å². The molecule has 0 bridgehead atoms. The Labute approximate surface area is 108 Å². The monoisotopic (exact) mass is 266 g/mol. The van der Waals surface area contributed by atoms with Crippen LogP contribution in [0.4, 0.5) is 8.78 Å². The molecule has 0 N–H and O–H groups in total. The van der Waals surface area contributed by atoms with E-state index in [9.17, 15) is 13.6 Å². The highest BCUT2D eigenvalue weighted by atomic mass is 35.5. The van der Waals surface area contributed by atoms with Crippen molar-refractivity contribution in [1.82, 2.24) is 0 Å². The Morgan fingerprint density at radius 2 is 1.83 bits per heavy atom. The van der Waals surface area contributed by atoms with Gasteiger partial charge in [0.2, 0.25) is 0 Å². The van der Waals surface area contributed by atoms with E-state index in [1.807, 2.05) is 0 Å². The number of ketones is 1. The topological polar surface area (TPSA) is 17.1 Å². The second-order valence-electron chi connectivity index (χ2n) is 3.86. The van der Waals surface area contributed by atoms with Crippen molar-refractivity contribution in [2.45, 2.75) is 6.42 Å². The van der Waals surface area contributed by atoms with E-state index < -0.39 is 11.6 Å². The van der Waals surface area contributed by atoms with Crippen LogP contribution in [0.1, 0.15) is 15.9 Å². The molecule has 0 aromatic heterocycles. The quantitative estimate of drug-likeness (QED) is 0.766. The highest BCUT2D eigenvalue weighted by Crippen LogP contribution is 2.15. The van der Waals surface area contributed by atoms with Gasteiger partial charge < -0.3 is 0 Å². The van der Waals surface area contributed by atoms with Gasteiger partial charge in [0.05, 0.1) is 0 Å². The molecule has 0 spiro atoms. The molecule has 0 fully saturated rings. The van der Waals surface area contributed by atoms with E-state index in [0.717, 1.165) is 12.1 Å². The van der Waals surface area contributed by atoms with Gasteiger partial charge in [-0.15, -0.1) is 0 Å². The third-order valence-electron chi connectivity index (χ3n) is 2.50. The van der Waals surface area contributed by atoms with Crippen LogP contribution in [0, 0.1) is 11.6 Å². The maximum absolute atomic E-state index is 13.0. The van der Waals surface area contributed by atoms with Crippen LogP contribution in [-0.4, -0.2) is 5.78 Å². The second-order valence-corrected chi connectivity index (χ2v) is 4.30. The number of carbonyl (C=O) groups excluding carboxylic acids is 1. The molecule has 2 aromatic carbocycles. The molecule has 0 atom stereocenters. The number of hydrogen-bond acceptors (Lipinski definition) is 1. The minimum Gasteiger partial charge on any atom is -0.294 e. The Hall–Kier alpha value is -1.74. The van der Waals surface area contributed by atoms with Gasteiger partial charge in [0.1, 0.15) is 0 Å². The molecule has 4 heteroatoms. The summed E-state index contributed by atoms with van der Waals surface area (Å²) in [6.45, 7) is 0. The van der Waals surface area contributed by atoms with Gasteiger partial charge in [-0.2, -0.15) is 0 Å². The van der Waals surface area contributed by atoms with Gasteiger partial charge in [-0.25, -0.2) is 8.78 Å².